The van der Waals surface area contributed by atoms with E-state index >= 15 is 0 Å². The summed E-state index contributed by atoms with van der Waals surface area (Å²) in [4.78, 5) is 0. The Bertz CT molecular complexity index is 658. The van der Waals surface area contributed by atoms with Crippen LogP contribution in [0.2, 0.25) is 20.1 Å². The first-order valence-electron chi connectivity index (χ1n) is 5.02. The second kappa shape index (κ2) is 5.97. The second-order valence-corrected chi connectivity index (χ2v) is 5.24. The fraction of sp³-hybridized carbons (Fsp3) is 0. The Labute approximate surface area is 129 Å². The van der Waals surface area contributed by atoms with Crippen LogP contribution in [0.1, 0.15) is 0 Å². The van der Waals surface area contributed by atoms with Gasteiger partial charge in [0.15, 0.2) is 5.75 Å². The van der Waals surface area contributed by atoms with E-state index in [0.29, 0.717) is 20.8 Å². The van der Waals surface area contributed by atoms with Crippen LogP contribution in [0.3, 0.4) is 0 Å². The van der Waals surface area contributed by atoms with E-state index in [1.807, 2.05) is 0 Å². The van der Waals surface area contributed by atoms with Crippen LogP contribution in [0.25, 0.3) is 0 Å². The summed E-state index contributed by atoms with van der Waals surface area (Å²) in [5.41, 5.74) is 0.574. The molecular formula is C12H6Cl4N2O. The van der Waals surface area contributed by atoms with Crippen molar-refractivity contribution in [3.8, 4) is 5.75 Å². The van der Waals surface area contributed by atoms with E-state index in [-0.39, 0.29) is 16.5 Å². The summed E-state index contributed by atoms with van der Waals surface area (Å²) in [6.45, 7) is 0. The number of azo groups is 1. The molecule has 0 aliphatic heterocycles. The first-order valence-corrected chi connectivity index (χ1v) is 6.53. The molecule has 0 amide bonds. The van der Waals surface area contributed by atoms with Crippen LogP contribution >= 0.6 is 46.4 Å². The third-order valence-electron chi connectivity index (χ3n) is 2.18. The molecule has 19 heavy (non-hydrogen) atoms. The second-order valence-electron chi connectivity index (χ2n) is 3.55. The van der Waals surface area contributed by atoms with Gasteiger partial charge in [-0.1, -0.05) is 46.4 Å². The number of hydrogen-bond donors (Lipinski definition) is 1. The van der Waals surface area contributed by atoms with Crippen molar-refractivity contribution in [1.29, 1.82) is 0 Å². The zero-order valence-corrected chi connectivity index (χ0v) is 12.3. The molecule has 0 heterocycles. The topological polar surface area (TPSA) is 45.0 Å². The van der Waals surface area contributed by atoms with Gasteiger partial charge in [-0.2, -0.15) is 0 Å². The van der Waals surface area contributed by atoms with Crippen molar-refractivity contribution in [2.45, 2.75) is 0 Å². The van der Waals surface area contributed by atoms with E-state index in [1.165, 1.54) is 12.1 Å². The predicted octanol–water partition coefficient (Wildman–Crippen LogP) is 6.42. The number of phenols is 1. The molecule has 2 rings (SSSR count). The predicted molar refractivity (Wildman–Crippen MR) is 78.8 cm³/mol. The normalized spacial score (nSPS) is 11.2. The van der Waals surface area contributed by atoms with E-state index < -0.39 is 0 Å². The van der Waals surface area contributed by atoms with E-state index in [1.54, 1.807) is 18.2 Å². The number of hydrogen-bond acceptors (Lipinski definition) is 3. The summed E-state index contributed by atoms with van der Waals surface area (Å²) in [6, 6.07) is 7.63. The van der Waals surface area contributed by atoms with Crippen LogP contribution in [-0.2, 0) is 0 Å². The van der Waals surface area contributed by atoms with Gasteiger partial charge in [0.05, 0.1) is 10.0 Å². The van der Waals surface area contributed by atoms with Crippen molar-refractivity contribution in [3.05, 3.63) is 50.4 Å². The SMILES string of the molecule is Oc1c(Cl)cc(Cl)cc1N=Nc1ccc(Cl)cc1Cl. The van der Waals surface area contributed by atoms with Gasteiger partial charge in [-0.3, -0.25) is 0 Å². The van der Waals surface area contributed by atoms with Crippen molar-refractivity contribution in [2.75, 3.05) is 0 Å². The summed E-state index contributed by atoms with van der Waals surface area (Å²) < 4.78 is 0. The molecule has 0 saturated heterocycles. The highest BCUT2D eigenvalue weighted by Gasteiger charge is 2.07. The molecule has 0 fully saturated rings. The van der Waals surface area contributed by atoms with E-state index in [4.69, 9.17) is 46.4 Å². The van der Waals surface area contributed by atoms with Crippen LogP contribution in [0.4, 0.5) is 11.4 Å². The summed E-state index contributed by atoms with van der Waals surface area (Å²) in [5, 5.41) is 18.8. The van der Waals surface area contributed by atoms with Gasteiger partial charge < -0.3 is 5.11 Å². The Kier molecular flexibility index (Phi) is 4.53. The largest absolute Gasteiger partial charge is 0.504 e. The first kappa shape index (κ1) is 14.4. The van der Waals surface area contributed by atoms with E-state index in [2.05, 4.69) is 10.2 Å². The lowest BCUT2D eigenvalue weighted by molar-refractivity contribution is 0.476. The van der Waals surface area contributed by atoms with Crippen LogP contribution in [0.15, 0.2) is 40.6 Å². The third-order valence-corrected chi connectivity index (χ3v) is 3.23. The Morgan fingerprint density at radius 1 is 0.737 bits per heavy atom. The lowest BCUT2D eigenvalue weighted by atomic mass is 10.3. The highest BCUT2D eigenvalue weighted by atomic mass is 35.5. The van der Waals surface area contributed by atoms with Gasteiger partial charge in [-0.15, -0.1) is 10.2 Å². The number of nitrogens with zero attached hydrogens (tertiary/aromatic N) is 2. The maximum absolute atomic E-state index is 9.71. The van der Waals surface area contributed by atoms with Gasteiger partial charge >= 0.3 is 0 Å². The lowest BCUT2D eigenvalue weighted by Gasteiger charge is -2.02. The average Bonchev–Trinajstić information content (AvgIpc) is 2.33. The molecule has 0 bridgehead atoms. The van der Waals surface area contributed by atoms with Crippen LogP contribution in [0.5, 0.6) is 5.75 Å². The van der Waals surface area contributed by atoms with Gasteiger partial charge in [0.2, 0.25) is 0 Å². The minimum Gasteiger partial charge on any atom is -0.504 e. The molecule has 2 aromatic rings. The van der Waals surface area contributed by atoms with Crippen LogP contribution < -0.4 is 0 Å². The quantitative estimate of drug-likeness (QED) is 0.632. The van der Waals surface area contributed by atoms with Crippen LogP contribution in [0, 0.1) is 0 Å². The Balaban J connectivity index is 2.38. The van der Waals surface area contributed by atoms with Gasteiger partial charge in [-0.05, 0) is 30.3 Å². The molecule has 0 atom stereocenters. The molecule has 0 unspecified atom stereocenters. The fourth-order valence-corrected chi connectivity index (χ4v) is 2.23. The molecule has 0 aromatic heterocycles. The van der Waals surface area contributed by atoms with E-state index in [0.717, 1.165) is 0 Å². The molecule has 1 N–H and O–H groups in total. The number of aromatic hydroxyl groups is 1. The monoisotopic (exact) mass is 334 g/mol. The molecule has 0 radical (unpaired) electrons. The Hall–Kier alpha value is -1.000. The summed E-state index contributed by atoms with van der Waals surface area (Å²) in [7, 11) is 0. The highest BCUT2D eigenvalue weighted by molar-refractivity contribution is 6.36. The van der Waals surface area contributed by atoms with Gasteiger partial charge in [0, 0.05) is 10.0 Å². The minimum absolute atomic E-state index is 0.101. The molecule has 2 aromatic carbocycles. The van der Waals surface area contributed by atoms with Crippen LogP contribution in [-0.4, -0.2) is 5.11 Å². The summed E-state index contributed by atoms with van der Waals surface area (Å²) in [6.07, 6.45) is 0. The molecule has 0 spiro atoms. The first-order chi connectivity index (χ1) is 8.97. The van der Waals surface area contributed by atoms with Crippen molar-refractivity contribution >= 4 is 57.8 Å². The third kappa shape index (κ3) is 3.51. The molecule has 0 aliphatic rings. The van der Waals surface area contributed by atoms with Crippen molar-refractivity contribution in [2.24, 2.45) is 10.2 Å². The zero-order chi connectivity index (χ0) is 14.0. The maximum Gasteiger partial charge on any atom is 0.161 e. The minimum atomic E-state index is -0.195. The summed E-state index contributed by atoms with van der Waals surface area (Å²) >= 11 is 23.3. The van der Waals surface area contributed by atoms with Crippen molar-refractivity contribution in [1.82, 2.24) is 0 Å². The summed E-state index contributed by atoms with van der Waals surface area (Å²) in [5.74, 6) is -0.195. The molecule has 3 nitrogen and oxygen atoms in total. The Morgan fingerprint density at radius 2 is 1.37 bits per heavy atom. The van der Waals surface area contributed by atoms with Gasteiger partial charge in [0.25, 0.3) is 0 Å². The van der Waals surface area contributed by atoms with Crippen molar-refractivity contribution < 1.29 is 5.11 Å². The standard InChI is InChI=1S/C12H6Cl4N2O/c13-6-1-2-10(8(15)3-6)17-18-11-5-7(14)4-9(16)12(11)19/h1-5,19H. The number of halogens is 4. The number of rotatable bonds is 2. The number of phenolic OH excluding ortho intramolecular Hbond substituents is 1. The maximum atomic E-state index is 9.71. The zero-order valence-electron chi connectivity index (χ0n) is 9.24. The smallest absolute Gasteiger partial charge is 0.161 e. The molecule has 0 aliphatic carbocycles. The molecule has 0 saturated carbocycles. The van der Waals surface area contributed by atoms with Crippen molar-refractivity contribution in [3.63, 3.8) is 0 Å². The van der Waals surface area contributed by atoms with Gasteiger partial charge in [0.1, 0.15) is 11.4 Å². The highest BCUT2D eigenvalue weighted by Crippen LogP contribution is 2.38. The average molecular weight is 336 g/mol. The molecular weight excluding hydrogens is 330 g/mol. The lowest BCUT2D eigenvalue weighted by Crippen LogP contribution is -1.73. The van der Waals surface area contributed by atoms with E-state index in [9.17, 15) is 5.11 Å². The Morgan fingerprint density at radius 3 is 2.05 bits per heavy atom. The van der Waals surface area contributed by atoms with Gasteiger partial charge in [-0.25, -0.2) is 0 Å². The number of benzene rings is 2. The molecule has 98 valence electrons. The fourth-order valence-electron chi connectivity index (χ4n) is 1.30. The molecule has 7 heteroatoms.